The minimum atomic E-state index is -4.81. The Balaban J connectivity index is 1.49. The Morgan fingerprint density at radius 3 is 2.31 bits per heavy atom. The molecule has 1 saturated heterocycles. The Morgan fingerprint density at radius 1 is 1.09 bits per heavy atom. The maximum Gasteiger partial charge on any atom is 0.435 e. The number of piperidine rings is 1. The minimum absolute atomic E-state index is 0.0500. The number of benzene rings is 1. The van der Waals surface area contributed by atoms with E-state index in [0.717, 1.165) is 10.9 Å². The highest BCUT2D eigenvalue weighted by atomic mass is 19.4. The Hall–Kier alpha value is -3.57. The first-order chi connectivity index (χ1) is 16.6. The molecule has 9 nitrogen and oxygen atoms in total. The third-order valence-corrected chi connectivity index (χ3v) is 5.42. The number of para-hydroxylation sites is 1. The van der Waals surface area contributed by atoms with Crippen LogP contribution in [0.15, 0.2) is 36.5 Å². The van der Waals surface area contributed by atoms with Crippen LogP contribution in [0.1, 0.15) is 42.7 Å². The molecule has 0 unspecified atom stereocenters. The summed E-state index contributed by atoms with van der Waals surface area (Å²) in [6.45, 7) is 4.30. The second-order valence-electron chi connectivity index (χ2n) is 8.41. The first-order valence-electron chi connectivity index (χ1n) is 11.3. The summed E-state index contributed by atoms with van der Waals surface area (Å²) in [6.07, 6.45) is -3.46. The topological polar surface area (TPSA) is 106 Å². The lowest BCUT2D eigenvalue weighted by molar-refractivity contribution is -0.141. The van der Waals surface area contributed by atoms with Crippen LogP contribution in [0.5, 0.6) is 0 Å². The summed E-state index contributed by atoms with van der Waals surface area (Å²) in [5.41, 5.74) is -1.51. The van der Waals surface area contributed by atoms with Gasteiger partial charge in [-0.05, 0) is 38.8 Å². The summed E-state index contributed by atoms with van der Waals surface area (Å²) in [5.74, 6) is -1.47. The van der Waals surface area contributed by atoms with E-state index >= 15 is 0 Å². The lowest BCUT2D eigenvalue weighted by atomic mass is 9.96. The van der Waals surface area contributed by atoms with Gasteiger partial charge in [0.1, 0.15) is 0 Å². The number of amides is 3. The molecule has 3 rings (SSSR count). The van der Waals surface area contributed by atoms with E-state index in [2.05, 4.69) is 15.7 Å². The number of ether oxygens (including phenoxy) is 1. The number of hydrogen-bond acceptors (Lipinski definition) is 5. The highest BCUT2D eigenvalue weighted by Crippen LogP contribution is 2.31. The number of halogens is 3. The predicted octanol–water partition coefficient (Wildman–Crippen LogP) is 2.99. The molecular formula is C23H28F3N5O4. The lowest BCUT2D eigenvalue weighted by Gasteiger charge is -2.31. The van der Waals surface area contributed by atoms with Crippen molar-refractivity contribution in [2.45, 2.75) is 39.0 Å². The molecule has 1 aliphatic heterocycles. The number of hydrogen-bond donors (Lipinski definition) is 2. The maximum atomic E-state index is 13.4. The third kappa shape index (κ3) is 6.96. The molecule has 2 aromatic rings. The molecule has 0 bridgehead atoms. The average molecular weight is 496 g/mol. The van der Waals surface area contributed by atoms with Crippen molar-refractivity contribution in [3.8, 4) is 5.69 Å². The van der Waals surface area contributed by atoms with Gasteiger partial charge in [-0.2, -0.15) is 18.3 Å². The summed E-state index contributed by atoms with van der Waals surface area (Å²) in [6, 6.07) is 8.15. The van der Waals surface area contributed by atoms with Crippen LogP contribution in [-0.2, 0) is 15.7 Å². The fourth-order valence-corrected chi connectivity index (χ4v) is 3.66. The number of nitrogens with zero attached hydrogens (tertiary/aromatic N) is 3. The normalized spacial score (nSPS) is 14.6. The van der Waals surface area contributed by atoms with Crippen molar-refractivity contribution >= 4 is 17.9 Å². The number of likely N-dealkylation sites (tertiary alicyclic amines) is 1. The summed E-state index contributed by atoms with van der Waals surface area (Å²) in [5, 5.41) is 8.63. The van der Waals surface area contributed by atoms with Crippen LogP contribution in [-0.4, -0.2) is 64.9 Å². The van der Waals surface area contributed by atoms with Crippen LogP contribution < -0.4 is 10.6 Å². The molecule has 0 atom stereocenters. The zero-order chi connectivity index (χ0) is 25.6. The standard InChI is InChI=1S/C23H28F3N5O4/c1-15(2)35-22(34)30-12-8-16(9-13-30)20(32)27-10-11-28-21(33)18-14-31(17-6-4-3-5-7-17)29-19(18)23(24,25)26/h3-7,14-16H,8-13H2,1-2H3,(H,27,32)(H,28,33). The van der Waals surface area contributed by atoms with Gasteiger partial charge in [0, 0.05) is 38.3 Å². The van der Waals surface area contributed by atoms with E-state index in [0.29, 0.717) is 31.6 Å². The van der Waals surface area contributed by atoms with Crippen LogP contribution in [0.25, 0.3) is 5.69 Å². The molecule has 1 aromatic carbocycles. The van der Waals surface area contributed by atoms with E-state index < -0.39 is 29.4 Å². The largest absolute Gasteiger partial charge is 0.447 e. The van der Waals surface area contributed by atoms with Crippen LogP contribution >= 0.6 is 0 Å². The van der Waals surface area contributed by atoms with Crippen molar-refractivity contribution in [1.29, 1.82) is 0 Å². The number of nitrogens with one attached hydrogen (secondary N) is 2. The molecule has 12 heteroatoms. The van der Waals surface area contributed by atoms with Crippen LogP contribution in [0.4, 0.5) is 18.0 Å². The number of carbonyl (C=O) groups excluding carboxylic acids is 3. The Bertz CT molecular complexity index is 1030. The third-order valence-electron chi connectivity index (χ3n) is 5.42. The van der Waals surface area contributed by atoms with Gasteiger partial charge in [-0.1, -0.05) is 18.2 Å². The van der Waals surface area contributed by atoms with E-state index in [1.165, 1.54) is 0 Å². The average Bonchev–Trinajstić information content (AvgIpc) is 3.28. The predicted molar refractivity (Wildman–Crippen MR) is 120 cm³/mol. The Morgan fingerprint density at radius 2 is 1.71 bits per heavy atom. The molecule has 0 saturated carbocycles. The summed E-state index contributed by atoms with van der Waals surface area (Å²) in [4.78, 5) is 38.3. The van der Waals surface area contributed by atoms with Crippen molar-refractivity contribution in [2.24, 2.45) is 5.92 Å². The van der Waals surface area contributed by atoms with Gasteiger partial charge in [-0.15, -0.1) is 0 Å². The molecule has 1 aromatic heterocycles. The van der Waals surface area contributed by atoms with Gasteiger partial charge >= 0.3 is 12.3 Å². The lowest BCUT2D eigenvalue weighted by Crippen LogP contribution is -2.44. The highest BCUT2D eigenvalue weighted by Gasteiger charge is 2.39. The zero-order valence-corrected chi connectivity index (χ0v) is 19.5. The van der Waals surface area contributed by atoms with Gasteiger partial charge in [0.25, 0.3) is 5.91 Å². The number of alkyl halides is 3. The van der Waals surface area contributed by atoms with Crippen molar-refractivity contribution < 1.29 is 32.3 Å². The fourth-order valence-electron chi connectivity index (χ4n) is 3.66. The first-order valence-corrected chi connectivity index (χ1v) is 11.3. The summed E-state index contributed by atoms with van der Waals surface area (Å²) < 4.78 is 46.4. The molecule has 1 fully saturated rings. The molecule has 2 heterocycles. The van der Waals surface area contributed by atoms with Crippen molar-refractivity contribution in [1.82, 2.24) is 25.3 Å². The van der Waals surface area contributed by atoms with Gasteiger partial charge in [0.15, 0.2) is 5.69 Å². The molecule has 35 heavy (non-hydrogen) atoms. The summed E-state index contributed by atoms with van der Waals surface area (Å²) in [7, 11) is 0. The second kappa shape index (κ2) is 11.2. The van der Waals surface area contributed by atoms with Crippen molar-refractivity contribution in [2.75, 3.05) is 26.2 Å². The highest BCUT2D eigenvalue weighted by molar-refractivity contribution is 5.95. The van der Waals surface area contributed by atoms with E-state index in [9.17, 15) is 27.6 Å². The van der Waals surface area contributed by atoms with Crippen LogP contribution in [0.2, 0.25) is 0 Å². The van der Waals surface area contributed by atoms with Gasteiger partial charge in [0.05, 0.1) is 17.4 Å². The maximum absolute atomic E-state index is 13.4. The fraction of sp³-hybridized carbons (Fsp3) is 0.478. The van der Waals surface area contributed by atoms with Gasteiger partial charge in [0.2, 0.25) is 5.91 Å². The molecule has 0 aliphatic carbocycles. The number of rotatable bonds is 7. The number of carbonyl (C=O) groups is 3. The minimum Gasteiger partial charge on any atom is -0.447 e. The molecule has 3 amide bonds. The van der Waals surface area contributed by atoms with E-state index in [1.807, 2.05) is 0 Å². The molecular weight excluding hydrogens is 467 g/mol. The molecule has 0 spiro atoms. The van der Waals surface area contributed by atoms with Crippen molar-refractivity contribution in [3.63, 3.8) is 0 Å². The van der Waals surface area contributed by atoms with Crippen LogP contribution in [0, 0.1) is 5.92 Å². The first kappa shape index (κ1) is 26.0. The SMILES string of the molecule is CC(C)OC(=O)N1CCC(C(=O)NCCNC(=O)c2cn(-c3ccccc3)nc2C(F)(F)F)CC1. The van der Waals surface area contributed by atoms with Gasteiger partial charge in [-0.25, -0.2) is 9.48 Å². The molecule has 190 valence electrons. The van der Waals surface area contributed by atoms with Gasteiger partial charge in [-0.3, -0.25) is 9.59 Å². The molecule has 0 radical (unpaired) electrons. The van der Waals surface area contributed by atoms with E-state index in [-0.39, 0.29) is 31.0 Å². The number of aromatic nitrogens is 2. The smallest absolute Gasteiger partial charge is 0.435 e. The monoisotopic (exact) mass is 495 g/mol. The van der Waals surface area contributed by atoms with Crippen LogP contribution in [0.3, 0.4) is 0 Å². The van der Waals surface area contributed by atoms with Crippen molar-refractivity contribution in [3.05, 3.63) is 47.8 Å². The quantitative estimate of drug-likeness (QED) is 0.575. The second-order valence-corrected chi connectivity index (χ2v) is 8.41. The van der Waals surface area contributed by atoms with E-state index in [1.54, 1.807) is 49.1 Å². The Kier molecular flexibility index (Phi) is 8.36. The molecule has 1 aliphatic rings. The zero-order valence-electron chi connectivity index (χ0n) is 19.5. The summed E-state index contributed by atoms with van der Waals surface area (Å²) >= 11 is 0. The Labute approximate surface area is 200 Å². The molecule has 2 N–H and O–H groups in total. The van der Waals surface area contributed by atoms with E-state index in [4.69, 9.17) is 4.74 Å². The van der Waals surface area contributed by atoms with Gasteiger partial charge < -0.3 is 20.3 Å².